The summed E-state index contributed by atoms with van der Waals surface area (Å²) in [5.74, 6) is 0.499. The Morgan fingerprint density at radius 2 is 2.24 bits per heavy atom. The van der Waals surface area contributed by atoms with Crippen LogP contribution in [0.15, 0.2) is 42.7 Å². The molecule has 0 aliphatic rings. The number of nitrogens with one attached hydrogen (secondary N) is 1. The zero-order chi connectivity index (χ0) is 14.8. The fourth-order valence-corrected chi connectivity index (χ4v) is 2.28. The highest BCUT2D eigenvalue weighted by molar-refractivity contribution is 6.16. The molecule has 21 heavy (non-hydrogen) atoms. The maximum atomic E-state index is 12.6. The number of nitrogen functional groups attached to an aromatic ring is 1. The van der Waals surface area contributed by atoms with E-state index in [4.69, 9.17) is 10.5 Å². The van der Waals surface area contributed by atoms with Gasteiger partial charge in [-0.15, -0.1) is 0 Å². The van der Waals surface area contributed by atoms with E-state index >= 15 is 0 Å². The van der Waals surface area contributed by atoms with Gasteiger partial charge in [0.15, 0.2) is 5.78 Å². The zero-order valence-electron chi connectivity index (χ0n) is 11.6. The van der Waals surface area contributed by atoms with Crippen molar-refractivity contribution in [2.24, 2.45) is 0 Å². The van der Waals surface area contributed by atoms with Gasteiger partial charge < -0.3 is 15.5 Å². The summed E-state index contributed by atoms with van der Waals surface area (Å²) < 4.78 is 5.38. The number of carbonyl (C=O) groups is 1. The average molecular weight is 281 g/mol. The number of fused-ring (bicyclic) bond motifs is 1. The normalized spacial score (nSPS) is 10.7. The maximum absolute atomic E-state index is 12.6. The SMILES string of the molecule is CCOc1ccc(C(=O)c2c[nH]c3ncccc23)cc1N. The van der Waals surface area contributed by atoms with Gasteiger partial charge in [0.1, 0.15) is 11.4 Å². The number of ketones is 1. The summed E-state index contributed by atoms with van der Waals surface area (Å²) in [6.45, 7) is 2.42. The molecule has 0 radical (unpaired) electrons. The van der Waals surface area contributed by atoms with E-state index in [-0.39, 0.29) is 5.78 Å². The van der Waals surface area contributed by atoms with Gasteiger partial charge in [-0.2, -0.15) is 0 Å². The number of H-pyrrole nitrogens is 1. The van der Waals surface area contributed by atoms with Crippen LogP contribution >= 0.6 is 0 Å². The highest BCUT2D eigenvalue weighted by Crippen LogP contribution is 2.25. The van der Waals surface area contributed by atoms with Gasteiger partial charge in [0.2, 0.25) is 0 Å². The molecule has 106 valence electrons. The fourth-order valence-electron chi connectivity index (χ4n) is 2.28. The summed E-state index contributed by atoms with van der Waals surface area (Å²) >= 11 is 0. The van der Waals surface area contributed by atoms with Crippen molar-refractivity contribution in [1.82, 2.24) is 9.97 Å². The Labute approximate surface area is 121 Å². The van der Waals surface area contributed by atoms with Gasteiger partial charge in [-0.05, 0) is 37.3 Å². The lowest BCUT2D eigenvalue weighted by molar-refractivity contribution is 0.104. The number of nitrogens with zero attached hydrogens (tertiary/aromatic N) is 1. The summed E-state index contributed by atoms with van der Waals surface area (Å²) in [6.07, 6.45) is 3.36. The number of carbonyl (C=O) groups excluding carboxylic acids is 1. The summed E-state index contributed by atoms with van der Waals surface area (Å²) in [7, 11) is 0. The fraction of sp³-hybridized carbons (Fsp3) is 0.125. The molecule has 0 unspecified atom stereocenters. The third-order valence-electron chi connectivity index (χ3n) is 3.27. The van der Waals surface area contributed by atoms with E-state index in [2.05, 4.69) is 9.97 Å². The summed E-state index contributed by atoms with van der Waals surface area (Å²) in [5, 5.41) is 0.801. The monoisotopic (exact) mass is 281 g/mol. The lowest BCUT2D eigenvalue weighted by atomic mass is 10.0. The van der Waals surface area contributed by atoms with Crippen molar-refractivity contribution in [2.45, 2.75) is 6.92 Å². The van der Waals surface area contributed by atoms with E-state index < -0.39 is 0 Å². The van der Waals surface area contributed by atoms with Gasteiger partial charge in [-0.25, -0.2) is 4.98 Å². The molecule has 0 amide bonds. The van der Waals surface area contributed by atoms with Crippen LogP contribution in [0.1, 0.15) is 22.8 Å². The quantitative estimate of drug-likeness (QED) is 0.569. The molecule has 5 nitrogen and oxygen atoms in total. The van der Waals surface area contributed by atoms with Crippen LogP contribution in [0.2, 0.25) is 0 Å². The second-order valence-corrected chi connectivity index (χ2v) is 4.62. The number of ether oxygens (including phenoxy) is 1. The molecule has 0 aliphatic heterocycles. The van der Waals surface area contributed by atoms with Crippen LogP contribution < -0.4 is 10.5 Å². The number of aromatic nitrogens is 2. The Morgan fingerprint density at radius 3 is 3.00 bits per heavy atom. The van der Waals surface area contributed by atoms with E-state index in [1.54, 1.807) is 36.7 Å². The molecule has 5 heteroatoms. The minimum absolute atomic E-state index is 0.0935. The van der Waals surface area contributed by atoms with Crippen molar-refractivity contribution in [2.75, 3.05) is 12.3 Å². The number of hydrogen-bond acceptors (Lipinski definition) is 4. The Hall–Kier alpha value is -2.82. The molecule has 0 fully saturated rings. The van der Waals surface area contributed by atoms with Crippen molar-refractivity contribution in [1.29, 1.82) is 0 Å². The second-order valence-electron chi connectivity index (χ2n) is 4.62. The van der Waals surface area contributed by atoms with Crippen molar-refractivity contribution in [3.8, 4) is 5.75 Å². The average Bonchev–Trinajstić information content (AvgIpc) is 2.93. The highest BCUT2D eigenvalue weighted by Gasteiger charge is 2.15. The van der Waals surface area contributed by atoms with Crippen LogP contribution in [-0.4, -0.2) is 22.4 Å². The minimum atomic E-state index is -0.0935. The topological polar surface area (TPSA) is 81.0 Å². The first kappa shape index (κ1) is 13.2. The number of benzene rings is 1. The number of hydrogen-bond donors (Lipinski definition) is 2. The molecule has 0 saturated carbocycles. The van der Waals surface area contributed by atoms with Crippen LogP contribution in [0.3, 0.4) is 0 Å². The Bertz CT molecular complexity index is 808. The molecule has 3 rings (SSSR count). The molecule has 3 aromatic rings. The van der Waals surface area contributed by atoms with E-state index in [9.17, 15) is 4.79 Å². The molecule has 0 saturated heterocycles. The van der Waals surface area contributed by atoms with Crippen molar-refractivity contribution in [3.63, 3.8) is 0 Å². The molecule has 0 spiro atoms. The predicted molar refractivity (Wildman–Crippen MR) is 81.5 cm³/mol. The summed E-state index contributed by atoms with van der Waals surface area (Å²) in [5.41, 5.74) is 8.18. The van der Waals surface area contributed by atoms with Crippen LogP contribution in [0.25, 0.3) is 11.0 Å². The van der Waals surface area contributed by atoms with Gasteiger partial charge in [0.05, 0.1) is 12.3 Å². The predicted octanol–water partition coefficient (Wildman–Crippen LogP) is 2.77. The first-order valence-corrected chi connectivity index (χ1v) is 6.70. The molecule has 1 aromatic carbocycles. The molecule has 3 N–H and O–H groups in total. The zero-order valence-corrected chi connectivity index (χ0v) is 11.6. The van der Waals surface area contributed by atoms with Crippen molar-refractivity contribution < 1.29 is 9.53 Å². The largest absolute Gasteiger partial charge is 0.492 e. The van der Waals surface area contributed by atoms with Crippen LogP contribution in [-0.2, 0) is 0 Å². The van der Waals surface area contributed by atoms with Crippen LogP contribution in [0, 0.1) is 0 Å². The minimum Gasteiger partial charge on any atom is -0.492 e. The van der Waals surface area contributed by atoms with Crippen molar-refractivity contribution in [3.05, 3.63) is 53.9 Å². The number of rotatable bonds is 4. The highest BCUT2D eigenvalue weighted by atomic mass is 16.5. The standard InChI is InChI=1S/C16H15N3O2/c1-2-21-14-6-5-10(8-13(14)17)15(20)12-9-19-16-11(12)4-3-7-18-16/h3-9H,2,17H2,1H3,(H,18,19). The van der Waals surface area contributed by atoms with E-state index in [1.807, 2.05) is 13.0 Å². The molecular weight excluding hydrogens is 266 g/mol. The third kappa shape index (κ3) is 2.33. The molecule has 0 atom stereocenters. The smallest absolute Gasteiger partial charge is 0.195 e. The van der Waals surface area contributed by atoms with Crippen molar-refractivity contribution >= 4 is 22.5 Å². The van der Waals surface area contributed by atoms with Gasteiger partial charge in [-0.1, -0.05) is 0 Å². The van der Waals surface area contributed by atoms with Gasteiger partial charge in [0.25, 0.3) is 0 Å². The number of anilines is 1. The lowest BCUT2D eigenvalue weighted by Crippen LogP contribution is -2.03. The van der Waals surface area contributed by atoms with E-state index in [1.165, 1.54) is 0 Å². The Morgan fingerprint density at radius 1 is 1.38 bits per heavy atom. The Balaban J connectivity index is 2.00. The number of aromatic amines is 1. The molecule has 0 aliphatic carbocycles. The first-order valence-electron chi connectivity index (χ1n) is 6.70. The number of pyridine rings is 1. The van der Waals surface area contributed by atoms with Crippen LogP contribution in [0.5, 0.6) is 5.75 Å². The van der Waals surface area contributed by atoms with Crippen LogP contribution in [0.4, 0.5) is 5.69 Å². The van der Waals surface area contributed by atoms with E-state index in [0.717, 1.165) is 5.39 Å². The molecule has 2 aromatic heterocycles. The third-order valence-corrected chi connectivity index (χ3v) is 3.27. The molecule has 2 heterocycles. The summed E-state index contributed by atoms with van der Waals surface area (Å²) in [4.78, 5) is 19.8. The Kier molecular flexibility index (Phi) is 3.31. The number of nitrogens with two attached hydrogens (primary N) is 1. The van der Waals surface area contributed by atoms with Gasteiger partial charge in [-0.3, -0.25) is 4.79 Å². The first-order chi connectivity index (χ1) is 10.2. The lowest BCUT2D eigenvalue weighted by Gasteiger charge is -2.08. The van der Waals surface area contributed by atoms with Gasteiger partial charge >= 0.3 is 0 Å². The van der Waals surface area contributed by atoms with Gasteiger partial charge in [0, 0.05) is 28.9 Å². The second kappa shape index (κ2) is 5.28. The maximum Gasteiger partial charge on any atom is 0.195 e. The van der Waals surface area contributed by atoms with E-state index in [0.29, 0.717) is 34.8 Å². The molecule has 0 bridgehead atoms. The summed E-state index contributed by atoms with van der Waals surface area (Å²) in [6, 6.07) is 8.75. The molecular formula is C16H15N3O2.